The van der Waals surface area contributed by atoms with Crippen molar-refractivity contribution in [2.24, 2.45) is 5.92 Å². The smallest absolute Gasteiger partial charge is 0.244 e. The van der Waals surface area contributed by atoms with Gasteiger partial charge in [0.2, 0.25) is 11.8 Å². The highest BCUT2D eigenvalue weighted by Gasteiger charge is 2.36. The van der Waals surface area contributed by atoms with Crippen LogP contribution in [0.15, 0.2) is 22.9 Å². The van der Waals surface area contributed by atoms with Gasteiger partial charge < -0.3 is 10.2 Å². The Labute approximate surface area is 166 Å². The summed E-state index contributed by atoms with van der Waals surface area (Å²) in [7, 11) is 0. The van der Waals surface area contributed by atoms with Gasteiger partial charge in [0, 0.05) is 17.1 Å². The Morgan fingerprint density at radius 1 is 1.35 bits per heavy atom. The van der Waals surface area contributed by atoms with Gasteiger partial charge in [-0.15, -0.1) is 34.4 Å². The fourth-order valence-electron chi connectivity index (χ4n) is 2.95. The van der Waals surface area contributed by atoms with Crippen LogP contribution >= 0.6 is 34.4 Å². The van der Waals surface area contributed by atoms with Crippen molar-refractivity contribution < 1.29 is 9.59 Å². The van der Waals surface area contributed by atoms with E-state index in [0.29, 0.717) is 18.2 Å². The third-order valence-electron chi connectivity index (χ3n) is 4.53. The Bertz CT molecular complexity index is 741. The Morgan fingerprint density at radius 3 is 2.85 bits per heavy atom. The number of nitrogens with one attached hydrogen (secondary N) is 1. The van der Waals surface area contributed by atoms with E-state index in [1.807, 2.05) is 36.7 Å². The lowest BCUT2D eigenvalue weighted by molar-refractivity contribution is -0.141. The molecule has 0 aliphatic carbocycles. The standard InChI is InChI=1S/C18H23N3O2S3/c1-3-12(4-2)18(23)21-11-24-10-14(21)16(22)19-8-13-9-26-17(20-13)15-6-5-7-25-15/h5-7,9,12,14H,3-4,8,10-11H2,1-2H3,(H,19,22)/t14-/m1/s1. The summed E-state index contributed by atoms with van der Waals surface area (Å²) in [5.41, 5.74) is 0.857. The second kappa shape index (κ2) is 9.01. The molecule has 5 nitrogen and oxygen atoms in total. The molecule has 1 fully saturated rings. The van der Waals surface area contributed by atoms with Gasteiger partial charge >= 0.3 is 0 Å². The van der Waals surface area contributed by atoms with Gasteiger partial charge in [-0.05, 0) is 24.3 Å². The Morgan fingerprint density at radius 2 is 2.15 bits per heavy atom. The number of nitrogens with zero attached hydrogens (tertiary/aromatic N) is 2. The Hall–Kier alpha value is -1.38. The first-order valence-corrected chi connectivity index (χ1v) is 11.7. The summed E-state index contributed by atoms with van der Waals surface area (Å²) in [5, 5.41) is 7.95. The molecule has 3 heterocycles. The number of aromatic nitrogens is 1. The fourth-order valence-corrected chi connectivity index (χ4v) is 5.74. The average Bonchev–Trinajstić information content (AvgIpc) is 3.41. The van der Waals surface area contributed by atoms with Crippen molar-refractivity contribution in [3.8, 4) is 9.88 Å². The van der Waals surface area contributed by atoms with E-state index >= 15 is 0 Å². The van der Waals surface area contributed by atoms with Crippen LogP contribution in [0.3, 0.4) is 0 Å². The van der Waals surface area contributed by atoms with Crippen LogP contribution < -0.4 is 5.32 Å². The summed E-state index contributed by atoms with van der Waals surface area (Å²) < 4.78 is 0. The number of hydrogen-bond acceptors (Lipinski definition) is 6. The molecule has 3 rings (SSSR count). The number of carbonyl (C=O) groups excluding carboxylic acids is 2. The van der Waals surface area contributed by atoms with Gasteiger partial charge in [0.15, 0.2) is 0 Å². The highest BCUT2D eigenvalue weighted by atomic mass is 32.2. The molecule has 0 spiro atoms. The molecule has 0 bridgehead atoms. The zero-order valence-electron chi connectivity index (χ0n) is 14.9. The summed E-state index contributed by atoms with van der Waals surface area (Å²) in [5.74, 6) is 1.30. The predicted octanol–water partition coefficient (Wildman–Crippen LogP) is 3.83. The van der Waals surface area contributed by atoms with Crippen molar-refractivity contribution in [1.29, 1.82) is 0 Å². The molecule has 1 aliphatic rings. The monoisotopic (exact) mass is 409 g/mol. The summed E-state index contributed by atoms with van der Waals surface area (Å²) in [6.07, 6.45) is 1.63. The van der Waals surface area contributed by atoms with Gasteiger partial charge in [0.25, 0.3) is 0 Å². The van der Waals surface area contributed by atoms with E-state index in [4.69, 9.17) is 0 Å². The molecule has 0 saturated carbocycles. The van der Waals surface area contributed by atoms with Gasteiger partial charge in [-0.3, -0.25) is 9.59 Å². The van der Waals surface area contributed by atoms with Gasteiger partial charge in [-0.1, -0.05) is 19.9 Å². The minimum atomic E-state index is -0.372. The van der Waals surface area contributed by atoms with Crippen LogP contribution in [-0.2, 0) is 16.1 Å². The van der Waals surface area contributed by atoms with E-state index in [1.165, 1.54) is 0 Å². The maximum absolute atomic E-state index is 12.7. The summed E-state index contributed by atoms with van der Waals surface area (Å²) in [6, 6.07) is 3.68. The topological polar surface area (TPSA) is 62.3 Å². The maximum Gasteiger partial charge on any atom is 0.244 e. The molecule has 140 valence electrons. The van der Waals surface area contributed by atoms with E-state index in [1.54, 1.807) is 39.3 Å². The first kappa shape index (κ1) is 19.4. The number of thioether (sulfide) groups is 1. The number of thiophene rings is 1. The van der Waals surface area contributed by atoms with Crippen LogP contribution in [-0.4, -0.2) is 39.4 Å². The molecule has 1 N–H and O–H groups in total. The number of carbonyl (C=O) groups is 2. The number of rotatable bonds is 7. The van der Waals surface area contributed by atoms with Crippen molar-refractivity contribution in [2.75, 3.05) is 11.6 Å². The lowest BCUT2D eigenvalue weighted by atomic mass is 10.0. The molecule has 2 aromatic rings. The molecule has 26 heavy (non-hydrogen) atoms. The summed E-state index contributed by atoms with van der Waals surface area (Å²) >= 11 is 4.89. The minimum Gasteiger partial charge on any atom is -0.349 e. The van der Waals surface area contributed by atoms with Gasteiger partial charge in [-0.25, -0.2) is 4.98 Å². The van der Waals surface area contributed by atoms with Crippen LogP contribution in [0.5, 0.6) is 0 Å². The SMILES string of the molecule is CCC(CC)C(=O)N1CSC[C@@H]1C(=O)NCc1csc(-c2cccs2)n1. The van der Waals surface area contributed by atoms with Crippen LogP contribution in [0.2, 0.25) is 0 Å². The number of amides is 2. The van der Waals surface area contributed by atoms with Crippen molar-refractivity contribution >= 4 is 46.2 Å². The first-order valence-electron chi connectivity index (χ1n) is 8.78. The zero-order valence-corrected chi connectivity index (χ0v) is 17.4. The van der Waals surface area contributed by atoms with Crippen LogP contribution in [0, 0.1) is 5.92 Å². The van der Waals surface area contributed by atoms with Gasteiger partial charge in [0.05, 0.1) is 23.0 Å². The second-order valence-electron chi connectivity index (χ2n) is 6.18. The van der Waals surface area contributed by atoms with Crippen molar-refractivity contribution in [3.05, 3.63) is 28.6 Å². The predicted molar refractivity (Wildman–Crippen MR) is 109 cm³/mol. The molecule has 1 saturated heterocycles. The lowest BCUT2D eigenvalue weighted by Crippen LogP contribution is -2.48. The van der Waals surface area contributed by atoms with Crippen molar-refractivity contribution in [3.63, 3.8) is 0 Å². The molecular weight excluding hydrogens is 386 g/mol. The average molecular weight is 410 g/mol. The molecule has 0 radical (unpaired) electrons. The second-order valence-corrected chi connectivity index (χ2v) is 8.98. The molecule has 0 aromatic carbocycles. The molecule has 1 aliphatic heterocycles. The number of hydrogen-bond donors (Lipinski definition) is 1. The highest BCUT2D eigenvalue weighted by Crippen LogP contribution is 2.28. The van der Waals surface area contributed by atoms with E-state index in [2.05, 4.69) is 10.3 Å². The first-order chi connectivity index (χ1) is 12.6. The maximum atomic E-state index is 12.7. The van der Waals surface area contributed by atoms with E-state index in [0.717, 1.165) is 28.4 Å². The van der Waals surface area contributed by atoms with Gasteiger partial charge in [0.1, 0.15) is 11.0 Å². The van der Waals surface area contributed by atoms with Crippen LogP contribution in [0.25, 0.3) is 9.88 Å². The molecule has 2 amide bonds. The van der Waals surface area contributed by atoms with Crippen molar-refractivity contribution in [2.45, 2.75) is 39.3 Å². The van der Waals surface area contributed by atoms with Gasteiger partial charge in [-0.2, -0.15) is 0 Å². The third-order valence-corrected chi connectivity index (χ3v) is 7.47. The zero-order chi connectivity index (χ0) is 18.5. The minimum absolute atomic E-state index is 0.0101. The highest BCUT2D eigenvalue weighted by molar-refractivity contribution is 7.99. The van der Waals surface area contributed by atoms with Crippen molar-refractivity contribution in [1.82, 2.24) is 15.2 Å². The largest absolute Gasteiger partial charge is 0.349 e. The normalized spacial score (nSPS) is 17.0. The van der Waals surface area contributed by atoms with E-state index < -0.39 is 0 Å². The molecule has 1 atom stereocenters. The van der Waals surface area contributed by atoms with E-state index in [9.17, 15) is 9.59 Å². The lowest BCUT2D eigenvalue weighted by Gasteiger charge is -2.26. The molecular formula is C18H23N3O2S3. The fraction of sp³-hybridized carbons (Fsp3) is 0.500. The molecule has 8 heteroatoms. The Balaban J connectivity index is 1.58. The number of thiazole rings is 1. The quantitative estimate of drug-likeness (QED) is 0.755. The Kier molecular flexibility index (Phi) is 6.72. The third kappa shape index (κ3) is 4.29. The summed E-state index contributed by atoms with van der Waals surface area (Å²) in [6.45, 7) is 4.45. The van der Waals surface area contributed by atoms with E-state index in [-0.39, 0.29) is 23.8 Å². The molecule has 0 unspecified atom stereocenters. The molecule has 2 aromatic heterocycles. The summed E-state index contributed by atoms with van der Waals surface area (Å²) in [4.78, 5) is 32.8. The van der Waals surface area contributed by atoms with Crippen LogP contribution in [0.1, 0.15) is 32.4 Å². The van der Waals surface area contributed by atoms with Crippen LogP contribution in [0.4, 0.5) is 0 Å².